The normalized spacial score (nSPS) is 16.2. The summed E-state index contributed by atoms with van der Waals surface area (Å²) in [7, 11) is 0. The molecule has 0 unspecified atom stereocenters. The number of carboxylic acids is 1. The second-order valence-electron chi connectivity index (χ2n) is 5.22. The van der Waals surface area contributed by atoms with Crippen molar-refractivity contribution in [3.05, 3.63) is 29.6 Å². The highest BCUT2D eigenvalue weighted by molar-refractivity contribution is 6.03. The number of aromatic nitrogens is 1. The van der Waals surface area contributed by atoms with Crippen molar-refractivity contribution in [3.8, 4) is 0 Å². The fourth-order valence-corrected chi connectivity index (χ4v) is 2.53. The molecule has 1 aliphatic rings. The van der Waals surface area contributed by atoms with E-state index in [1.54, 1.807) is 0 Å². The maximum absolute atomic E-state index is 12.0. The van der Waals surface area contributed by atoms with E-state index in [-0.39, 0.29) is 11.3 Å². The van der Waals surface area contributed by atoms with E-state index in [9.17, 15) is 9.59 Å². The van der Waals surface area contributed by atoms with Gasteiger partial charge in [-0.25, -0.2) is 4.79 Å². The predicted octanol–water partition coefficient (Wildman–Crippen LogP) is 1.39. The van der Waals surface area contributed by atoms with Gasteiger partial charge in [-0.3, -0.25) is 9.78 Å². The fourth-order valence-electron chi connectivity index (χ4n) is 2.53. The smallest absolute Gasteiger partial charge is 0.338 e. The second-order valence-corrected chi connectivity index (χ2v) is 5.22. The molecule has 0 saturated carbocycles. The number of hydrogen-bond acceptors (Lipinski definition) is 4. The van der Waals surface area contributed by atoms with E-state index in [0.29, 0.717) is 6.54 Å². The van der Waals surface area contributed by atoms with E-state index >= 15 is 0 Å². The van der Waals surface area contributed by atoms with Crippen molar-refractivity contribution >= 4 is 11.9 Å². The Labute approximate surface area is 124 Å². The Bertz CT molecular complexity index is 497. The van der Waals surface area contributed by atoms with Gasteiger partial charge in [0.2, 0.25) is 0 Å². The number of carbonyl (C=O) groups is 2. The van der Waals surface area contributed by atoms with Gasteiger partial charge in [-0.15, -0.1) is 0 Å². The number of carbonyl (C=O) groups excluding carboxylic acids is 1. The van der Waals surface area contributed by atoms with Gasteiger partial charge in [0.15, 0.2) is 0 Å². The van der Waals surface area contributed by atoms with Crippen LogP contribution in [0.25, 0.3) is 0 Å². The molecule has 6 nitrogen and oxygen atoms in total. The summed E-state index contributed by atoms with van der Waals surface area (Å²) in [5.41, 5.74) is -0.0920. The number of carboxylic acid groups (broad SMARTS) is 1. The van der Waals surface area contributed by atoms with Gasteiger partial charge in [0, 0.05) is 19.3 Å². The molecular formula is C15H21N3O3. The van der Waals surface area contributed by atoms with Crippen LogP contribution >= 0.6 is 0 Å². The average molecular weight is 291 g/mol. The van der Waals surface area contributed by atoms with E-state index in [0.717, 1.165) is 19.6 Å². The zero-order valence-electron chi connectivity index (χ0n) is 12.0. The first-order chi connectivity index (χ1) is 10.2. The topological polar surface area (TPSA) is 82.5 Å². The highest BCUT2D eigenvalue weighted by Crippen LogP contribution is 2.09. The van der Waals surface area contributed by atoms with Crippen molar-refractivity contribution in [2.75, 3.05) is 26.2 Å². The maximum atomic E-state index is 12.0. The van der Waals surface area contributed by atoms with E-state index in [1.807, 2.05) is 0 Å². The lowest BCUT2D eigenvalue weighted by atomic mass is 10.2. The van der Waals surface area contributed by atoms with Crippen LogP contribution in [0.2, 0.25) is 0 Å². The molecule has 1 fully saturated rings. The first kappa shape index (κ1) is 15.4. The average Bonchev–Trinajstić information content (AvgIpc) is 2.76. The number of aromatic carboxylic acids is 1. The molecule has 1 aromatic rings. The van der Waals surface area contributed by atoms with Crippen molar-refractivity contribution in [2.45, 2.75) is 25.7 Å². The van der Waals surface area contributed by atoms with Gasteiger partial charge in [-0.05, 0) is 38.1 Å². The van der Waals surface area contributed by atoms with E-state index in [4.69, 9.17) is 5.11 Å². The summed E-state index contributed by atoms with van der Waals surface area (Å²) in [6.07, 6.45) is 6.39. The predicted molar refractivity (Wildman–Crippen MR) is 78.4 cm³/mol. The molecule has 0 aliphatic carbocycles. The lowest BCUT2D eigenvalue weighted by molar-refractivity contribution is 0.0690. The molecule has 2 rings (SSSR count). The standard InChI is InChI=1S/C15H21N3O3/c19-14(13-12(15(20)21)6-5-7-16-13)17-8-11-18-9-3-1-2-4-10-18/h5-7H,1-4,8-11H2,(H,17,19)(H,20,21). The van der Waals surface area contributed by atoms with Crippen molar-refractivity contribution < 1.29 is 14.7 Å². The Morgan fingerprint density at radius 3 is 2.62 bits per heavy atom. The van der Waals surface area contributed by atoms with Crippen LogP contribution in [0.5, 0.6) is 0 Å². The van der Waals surface area contributed by atoms with Crippen LogP contribution in [0.4, 0.5) is 0 Å². The molecule has 21 heavy (non-hydrogen) atoms. The summed E-state index contributed by atoms with van der Waals surface area (Å²) in [6.45, 7) is 3.44. The van der Waals surface area contributed by atoms with Crippen LogP contribution in [0.1, 0.15) is 46.5 Å². The van der Waals surface area contributed by atoms with Crippen LogP contribution in [-0.4, -0.2) is 53.0 Å². The molecule has 0 spiro atoms. The minimum atomic E-state index is -1.14. The number of rotatable bonds is 5. The van der Waals surface area contributed by atoms with Crippen molar-refractivity contribution in [2.24, 2.45) is 0 Å². The molecule has 0 atom stereocenters. The molecule has 1 amide bonds. The molecular weight excluding hydrogens is 270 g/mol. The van der Waals surface area contributed by atoms with Gasteiger partial charge in [-0.2, -0.15) is 0 Å². The number of pyridine rings is 1. The third kappa shape index (κ3) is 4.53. The summed E-state index contributed by atoms with van der Waals surface area (Å²) >= 11 is 0. The van der Waals surface area contributed by atoms with Gasteiger partial charge in [-0.1, -0.05) is 12.8 Å². The van der Waals surface area contributed by atoms with Gasteiger partial charge in [0.05, 0.1) is 5.56 Å². The maximum Gasteiger partial charge on any atom is 0.338 e. The van der Waals surface area contributed by atoms with Gasteiger partial charge in [0.1, 0.15) is 5.69 Å². The first-order valence-electron chi connectivity index (χ1n) is 7.37. The zero-order chi connectivity index (χ0) is 15.1. The van der Waals surface area contributed by atoms with Crippen LogP contribution in [-0.2, 0) is 0 Å². The van der Waals surface area contributed by atoms with Gasteiger partial charge in [0.25, 0.3) is 5.91 Å². The highest BCUT2D eigenvalue weighted by atomic mass is 16.4. The Hall–Kier alpha value is -1.95. The van der Waals surface area contributed by atoms with Gasteiger partial charge >= 0.3 is 5.97 Å². The Balaban J connectivity index is 1.86. The number of amides is 1. The third-order valence-electron chi connectivity index (χ3n) is 3.67. The lowest BCUT2D eigenvalue weighted by Crippen LogP contribution is -2.36. The summed E-state index contributed by atoms with van der Waals surface area (Å²) in [5, 5.41) is 11.8. The summed E-state index contributed by atoms with van der Waals surface area (Å²) in [6, 6.07) is 2.90. The number of likely N-dealkylation sites (tertiary alicyclic amines) is 1. The Kier molecular flexibility index (Phi) is 5.68. The van der Waals surface area contributed by atoms with Crippen LogP contribution in [0, 0.1) is 0 Å². The first-order valence-corrected chi connectivity index (χ1v) is 7.37. The largest absolute Gasteiger partial charge is 0.478 e. The number of nitrogens with zero attached hydrogens (tertiary/aromatic N) is 2. The fraction of sp³-hybridized carbons (Fsp3) is 0.533. The van der Waals surface area contributed by atoms with Crippen molar-refractivity contribution in [3.63, 3.8) is 0 Å². The zero-order valence-corrected chi connectivity index (χ0v) is 12.0. The Morgan fingerprint density at radius 1 is 1.24 bits per heavy atom. The highest BCUT2D eigenvalue weighted by Gasteiger charge is 2.17. The minimum absolute atomic E-state index is 0.0270. The number of hydrogen-bond donors (Lipinski definition) is 2. The van der Waals surface area contributed by atoms with Crippen LogP contribution in [0.15, 0.2) is 18.3 Å². The minimum Gasteiger partial charge on any atom is -0.478 e. The summed E-state index contributed by atoms with van der Waals surface area (Å²) < 4.78 is 0. The van der Waals surface area contributed by atoms with E-state index < -0.39 is 11.9 Å². The SMILES string of the molecule is O=C(O)c1cccnc1C(=O)NCCN1CCCCCC1. The van der Waals surface area contributed by atoms with Crippen LogP contribution < -0.4 is 5.32 Å². The van der Waals surface area contributed by atoms with Crippen molar-refractivity contribution in [1.29, 1.82) is 0 Å². The quantitative estimate of drug-likeness (QED) is 0.856. The molecule has 6 heteroatoms. The molecule has 1 aliphatic heterocycles. The van der Waals surface area contributed by atoms with Gasteiger partial charge < -0.3 is 15.3 Å². The Morgan fingerprint density at radius 2 is 1.95 bits per heavy atom. The summed E-state index contributed by atoms with van der Waals surface area (Å²) in [4.78, 5) is 29.3. The summed E-state index contributed by atoms with van der Waals surface area (Å²) in [5.74, 6) is -1.57. The molecule has 114 valence electrons. The lowest BCUT2D eigenvalue weighted by Gasteiger charge is -2.19. The van der Waals surface area contributed by atoms with Crippen molar-refractivity contribution in [1.82, 2.24) is 15.2 Å². The third-order valence-corrected chi connectivity index (χ3v) is 3.67. The number of nitrogens with one attached hydrogen (secondary N) is 1. The second kappa shape index (κ2) is 7.73. The molecule has 1 aromatic heterocycles. The molecule has 0 aromatic carbocycles. The van der Waals surface area contributed by atoms with E-state index in [2.05, 4.69) is 15.2 Å². The van der Waals surface area contributed by atoms with E-state index in [1.165, 1.54) is 44.0 Å². The molecule has 0 bridgehead atoms. The molecule has 2 heterocycles. The molecule has 1 saturated heterocycles. The molecule has 2 N–H and O–H groups in total. The van der Waals surface area contributed by atoms with Crippen LogP contribution in [0.3, 0.4) is 0 Å². The monoisotopic (exact) mass is 291 g/mol. The molecule has 0 radical (unpaired) electrons.